The van der Waals surface area contributed by atoms with E-state index in [4.69, 9.17) is 0 Å². The van der Waals surface area contributed by atoms with Crippen LogP contribution in [0.3, 0.4) is 0 Å². The number of phenols is 1. The number of carbonyl (C=O) groups is 1. The van der Waals surface area contributed by atoms with Crippen LogP contribution in [0.2, 0.25) is 0 Å². The van der Waals surface area contributed by atoms with Crippen molar-refractivity contribution in [2.24, 2.45) is 0 Å². The van der Waals surface area contributed by atoms with Crippen LogP contribution in [-0.4, -0.2) is 50.0 Å². The molecule has 3 aliphatic rings. The molecule has 1 amide bonds. The lowest BCUT2D eigenvalue weighted by atomic mass is 10.0. The van der Waals surface area contributed by atoms with Crippen molar-refractivity contribution in [3.05, 3.63) is 29.6 Å². The monoisotopic (exact) mass is 353 g/mol. The number of nitrogens with one attached hydrogen (secondary N) is 1. The second-order valence-electron chi connectivity index (χ2n) is 6.20. The quantitative estimate of drug-likeness (QED) is 0.812. The highest BCUT2D eigenvalue weighted by molar-refractivity contribution is 7.92. The lowest BCUT2D eigenvalue weighted by Gasteiger charge is -2.19. The second kappa shape index (κ2) is 5.18. The lowest BCUT2D eigenvalue weighted by Crippen LogP contribution is -2.30. The summed E-state index contributed by atoms with van der Waals surface area (Å²) in [5.41, 5.74) is 0.542. The van der Waals surface area contributed by atoms with Crippen molar-refractivity contribution in [2.45, 2.75) is 18.9 Å². The number of benzene rings is 1. The van der Waals surface area contributed by atoms with Crippen LogP contribution in [0.4, 0.5) is 10.1 Å². The SMILES string of the molecule is O=C1CN(c2c(O)ccc(C3=CC4CCCN4C3)c2F)S(=O)(=O)N1. The standard InChI is InChI=1S/C15H16FN3O4S/c16-14-11(9-6-10-2-1-5-18(10)7-9)3-4-12(20)15(14)19-8-13(21)17-24(19,22)23/h3-4,6,10,20H,1-2,5,7-8H2,(H,17,21). The van der Waals surface area contributed by atoms with Gasteiger partial charge in [-0.1, -0.05) is 6.08 Å². The van der Waals surface area contributed by atoms with E-state index < -0.39 is 39.9 Å². The average molecular weight is 353 g/mol. The maximum atomic E-state index is 15.0. The van der Waals surface area contributed by atoms with Gasteiger partial charge < -0.3 is 5.11 Å². The molecule has 7 nitrogen and oxygen atoms in total. The van der Waals surface area contributed by atoms with E-state index in [1.54, 1.807) is 4.72 Å². The third kappa shape index (κ3) is 2.27. The Bertz CT molecular complexity index is 868. The Balaban J connectivity index is 1.78. The predicted octanol–water partition coefficient (Wildman–Crippen LogP) is 0.574. The minimum absolute atomic E-state index is 0.256. The summed E-state index contributed by atoms with van der Waals surface area (Å²) in [6.07, 6.45) is 4.13. The highest BCUT2D eigenvalue weighted by atomic mass is 32.2. The topological polar surface area (TPSA) is 90.0 Å². The normalized spacial score (nSPS) is 25.7. The van der Waals surface area contributed by atoms with Crippen molar-refractivity contribution < 1.29 is 22.7 Å². The number of carbonyl (C=O) groups excluding carboxylic acids is 1. The van der Waals surface area contributed by atoms with Gasteiger partial charge in [0.05, 0.1) is 0 Å². The van der Waals surface area contributed by atoms with Gasteiger partial charge in [0.2, 0.25) is 0 Å². The Hall–Kier alpha value is -2.13. The molecule has 2 saturated heterocycles. The molecule has 1 aromatic rings. The van der Waals surface area contributed by atoms with E-state index in [-0.39, 0.29) is 11.6 Å². The number of amides is 1. The van der Waals surface area contributed by atoms with E-state index in [1.165, 1.54) is 12.1 Å². The van der Waals surface area contributed by atoms with Crippen LogP contribution in [0.1, 0.15) is 18.4 Å². The summed E-state index contributed by atoms with van der Waals surface area (Å²) in [6, 6.07) is 2.99. The van der Waals surface area contributed by atoms with E-state index >= 15 is 4.39 Å². The Kier molecular flexibility index (Phi) is 3.33. The van der Waals surface area contributed by atoms with E-state index in [2.05, 4.69) is 4.90 Å². The van der Waals surface area contributed by atoms with Gasteiger partial charge in [-0.15, -0.1) is 0 Å². The Morgan fingerprint density at radius 2 is 2.08 bits per heavy atom. The van der Waals surface area contributed by atoms with Gasteiger partial charge >= 0.3 is 10.2 Å². The first-order valence-corrected chi connectivity index (χ1v) is 9.11. The van der Waals surface area contributed by atoms with Gasteiger partial charge in [-0.05, 0) is 37.1 Å². The number of halogens is 1. The molecule has 2 N–H and O–H groups in total. The molecule has 0 spiro atoms. The van der Waals surface area contributed by atoms with Gasteiger partial charge in [0.25, 0.3) is 5.91 Å². The summed E-state index contributed by atoms with van der Waals surface area (Å²) in [4.78, 5) is 13.6. The van der Waals surface area contributed by atoms with Crippen LogP contribution < -0.4 is 9.03 Å². The van der Waals surface area contributed by atoms with Gasteiger partial charge in [0.15, 0.2) is 5.82 Å². The average Bonchev–Trinajstić information content (AvgIpc) is 3.12. The van der Waals surface area contributed by atoms with Crippen LogP contribution in [0.15, 0.2) is 18.2 Å². The highest BCUT2D eigenvalue weighted by Crippen LogP contribution is 2.39. The molecular formula is C15H16FN3O4S. The molecule has 0 aliphatic carbocycles. The maximum absolute atomic E-state index is 15.0. The summed E-state index contributed by atoms with van der Waals surface area (Å²) >= 11 is 0. The molecule has 24 heavy (non-hydrogen) atoms. The lowest BCUT2D eigenvalue weighted by molar-refractivity contribution is -0.117. The maximum Gasteiger partial charge on any atom is 0.326 e. The third-order valence-electron chi connectivity index (χ3n) is 4.69. The van der Waals surface area contributed by atoms with Crippen LogP contribution in [-0.2, 0) is 15.0 Å². The van der Waals surface area contributed by atoms with Crippen LogP contribution in [0.5, 0.6) is 5.75 Å². The molecule has 2 fully saturated rings. The minimum Gasteiger partial charge on any atom is -0.506 e. The van der Waals surface area contributed by atoms with Crippen molar-refractivity contribution in [2.75, 3.05) is 23.9 Å². The first-order chi connectivity index (χ1) is 11.4. The minimum atomic E-state index is -4.19. The summed E-state index contributed by atoms with van der Waals surface area (Å²) in [6.45, 7) is 0.996. The third-order valence-corrected chi connectivity index (χ3v) is 6.07. The Morgan fingerprint density at radius 3 is 2.75 bits per heavy atom. The van der Waals surface area contributed by atoms with Crippen LogP contribution >= 0.6 is 0 Å². The smallest absolute Gasteiger partial charge is 0.326 e. The molecule has 0 aromatic heterocycles. The molecular weight excluding hydrogens is 337 g/mol. The van der Waals surface area contributed by atoms with E-state index in [9.17, 15) is 18.3 Å². The summed E-state index contributed by atoms with van der Waals surface area (Å²) in [5.74, 6) is -2.11. The largest absolute Gasteiger partial charge is 0.506 e. The molecule has 3 aliphatic heterocycles. The zero-order valence-corrected chi connectivity index (χ0v) is 13.5. The first kappa shape index (κ1) is 15.4. The van der Waals surface area contributed by atoms with Gasteiger partial charge in [-0.25, -0.2) is 13.4 Å². The number of nitrogens with zero attached hydrogens (tertiary/aromatic N) is 2. The van der Waals surface area contributed by atoms with Crippen molar-refractivity contribution in [1.29, 1.82) is 0 Å². The molecule has 4 rings (SSSR count). The number of hydrogen-bond acceptors (Lipinski definition) is 5. The molecule has 0 bridgehead atoms. The second-order valence-corrected chi connectivity index (χ2v) is 7.80. The van der Waals surface area contributed by atoms with Crippen LogP contribution in [0.25, 0.3) is 5.57 Å². The van der Waals surface area contributed by atoms with Crippen molar-refractivity contribution in [3.63, 3.8) is 0 Å². The molecule has 1 aromatic carbocycles. The molecule has 0 radical (unpaired) electrons. The zero-order chi connectivity index (χ0) is 17.1. The Labute approximate surface area is 138 Å². The molecule has 9 heteroatoms. The van der Waals surface area contributed by atoms with Gasteiger partial charge in [0.1, 0.15) is 18.0 Å². The number of anilines is 1. The molecule has 1 atom stereocenters. The number of rotatable bonds is 2. The molecule has 128 valence electrons. The number of phenolic OH excluding ortho intramolecular Hbond substituents is 1. The zero-order valence-electron chi connectivity index (χ0n) is 12.7. The Morgan fingerprint density at radius 1 is 1.29 bits per heavy atom. The number of fused-ring (bicyclic) bond motifs is 1. The van der Waals surface area contributed by atoms with Gasteiger partial charge in [0, 0.05) is 18.2 Å². The fraction of sp³-hybridized carbons (Fsp3) is 0.400. The van der Waals surface area contributed by atoms with Crippen molar-refractivity contribution in [1.82, 2.24) is 9.62 Å². The van der Waals surface area contributed by atoms with Crippen molar-refractivity contribution >= 4 is 27.4 Å². The predicted molar refractivity (Wildman–Crippen MR) is 85.0 cm³/mol. The van der Waals surface area contributed by atoms with E-state index in [1.807, 2.05) is 6.08 Å². The van der Waals surface area contributed by atoms with Gasteiger partial charge in [-0.3, -0.25) is 9.69 Å². The van der Waals surface area contributed by atoms with Crippen LogP contribution in [0, 0.1) is 5.82 Å². The molecule has 0 saturated carbocycles. The van der Waals surface area contributed by atoms with E-state index in [0.29, 0.717) is 10.8 Å². The highest BCUT2D eigenvalue weighted by Gasteiger charge is 2.39. The summed E-state index contributed by atoms with van der Waals surface area (Å²) in [5, 5.41) is 9.98. The molecule has 1 unspecified atom stereocenters. The van der Waals surface area contributed by atoms with Gasteiger partial charge in [-0.2, -0.15) is 8.42 Å². The van der Waals surface area contributed by atoms with E-state index in [0.717, 1.165) is 25.0 Å². The molecule has 3 heterocycles. The first-order valence-electron chi connectivity index (χ1n) is 7.67. The fourth-order valence-corrected chi connectivity index (χ4v) is 4.76. The fourth-order valence-electron chi connectivity index (χ4n) is 3.60. The summed E-state index contributed by atoms with van der Waals surface area (Å²) in [7, 11) is -4.19. The van der Waals surface area contributed by atoms with Crippen molar-refractivity contribution in [3.8, 4) is 5.75 Å². The number of aromatic hydroxyl groups is 1. The number of hydrogen-bond donors (Lipinski definition) is 2. The summed E-state index contributed by atoms with van der Waals surface area (Å²) < 4.78 is 41.3.